The minimum atomic E-state index is -1.28. The molecule has 19 heavy (non-hydrogen) atoms. The van der Waals surface area contributed by atoms with Crippen molar-refractivity contribution in [2.45, 2.75) is 12.0 Å². The van der Waals surface area contributed by atoms with Crippen LogP contribution in [0.1, 0.15) is 11.1 Å². The fourth-order valence-corrected chi connectivity index (χ4v) is 2.55. The number of aliphatic imine (C=N–C) groups is 1. The molecule has 0 saturated carbocycles. The lowest BCUT2D eigenvalue weighted by atomic mass is 9.87. The summed E-state index contributed by atoms with van der Waals surface area (Å²) in [6.07, 6.45) is 0.385. The third-order valence-corrected chi connectivity index (χ3v) is 3.61. The van der Waals surface area contributed by atoms with Crippen LogP contribution in [0.25, 0.3) is 0 Å². The Bertz CT molecular complexity index is 654. The first-order valence-corrected chi connectivity index (χ1v) is 6.38. The number of rotatable bonds is 2. The van der Waals surface area contributed by atoms with Gasteiger partial charge >= 0.3 is 0 Å². The summed E-state index contributed by atoms with van der Waals surface area (Å²) in [5, 5.41) is 11.4. The van der Waals surface area contributed by atoms with Gasteiger partial charge in [-0.15, -0.1) is 0 Å². The number of nitrogens with zero attached hydrogens (tertiary/aromatic N) is 1. The zero-order valence-electron chi connectivity index (χ0n) is 10.2. The highest BCUT2D eigenvalue weighted by atomic mass is 35.5. The van der Waals surface area contributed by atoms with Crippen LogP contribution in [0.5, 0.6) is 0 Å². The van der Waals surface area contributed by atoms with Gasteiger partial charge in [-0.25, -0.2) is 4.99 Å². The van der Waals surface area contributed by atoms with Crippen LogP contribution in [0.15, 0.2) is 53.5 Å². The Labute approximate surface area is 116 Å². The van der Waals surface area contributed by atoms with Crippen molar-refractivity contribution in [3.05, 3.63) is 64.7 Å². The Morgan fingerprint density at radius 2 is 1.89 bits per heavy atom. The van der Waals surface area contributed by atoms with Crippen molar-refractivity contribution in [3.8, 4) is 0 Å². The van der Waals surface area contributed by atoms with E-state index in [-0.39, 0.29) is 5.84 Å². The predicted molar refractivity (Wildman–Crippen MR) is 76.8 cm³/mol. The molecule has 0 amide bonds. The van der Waals surface area contributed by atoms with Crippen molar-refractivity contribution in [3.63, 3.8) is 0 Å². The van der Waals surface area contributed by atoms with Crippen molar-refractivity contribution < 1.29 is 5.11 Å². The van der Waals surface area contributed by atoms with E-state index in [0.717, 1.165) is 5.56 Å². The molecule has 2 aromatic rings. The molecule has 1 unspecified atom stereocenters. The fraction of sp³-hybridized carbons (Fsp3) is 0.133. The van der Waals surface area contributed by atoms with Crippen molar-refractivity contribution in [2.75, 3.05) is 0 Å². The maximum atomic E-state index is 10.9. The number of benzene rings is 2. The summed E-state index contributed by atoms with van der Waals surface area (Å²) in [5.41, 5.74) is 6.99. The van der Waals surface area contributed by atoms with Gasteiger partial charge in [-0.05, 0) is 23.8 Å². The van der Waals surface area contributed by atoms with Crippen LogP contribution in [0, 0.1) is 0 Å². The van der Waals surface area contributed by atoms with E-state index in [4.69, 9.17) is 17.3 Å². The minimum Gasteiger partial charge on any atom is -0.384 e. The third-order valence-electron chi connectivity index (χ3n) is 3.37. The molecule has 4 heteroatoms. The maximum absolute atomic E-state index is 10.9. The molecule has 96 valence electrons. The normalized spacial score (nSPS) is 21.1. The van der Waals surface area contributed by atoms with Crippen LogP contribution in [-0.4, -0.2) is 10.9 Å². The topological polar surface area (TPSA) is 58.6 Å². The zero-order valence-corrected chi connectivity index (χ0v) is 10.9. The molecule has 0 fully saturated rings. The van der Waals surface area contributed by atoms with Crippen molar-refractivity contribution in [1.82, 2.24) is 0 Å². The van der Waals surface area contributed by atoms with E-state index in [9.17, 15) is 5.11 Å². The lowest BCUT2D eigenvalue weighted by Crippen LogP contribution is -2.40. The monoisotopic (exact) mass is 272 g/mol. The molecule has 0 spiro atoms. The Balaban J connectivity index is 2.05. The van der Waals surface area contributed by atoms with Crippen LogP contribution in [0.3, 0.4) is 0 Å². The van der Waals surface area contributed by atoms with E-state index < -0.39 is 5.60 Å². The first-order valence-electron chi connectivity index (χ1n) is 6.00. The molecule has 2 aromatic carbocycles. The average molecular weight is 273 g/mol. The summed E-state index contributed by atoms with van der Waals surface area (Å²) >= 11 is 6.00. The summed E-state index contributed by atoms with van der Waals surface area (Å²) < 4.78 is 0. The quantitative estimate of drug-likeness (QED) is 0.883. The van der Waals surface area contributed by atoms with E-state index in [1.54, 1.807) is 18.2 Å². The highest BCUT2D eigenvalue weighted by Gasteiger charge is 2.40. The van der Waals surface area contributed by atoms with Crippen molar-refractivity contribution in [2.24, 2.45) is 10.7 Å². The molecule has 1 aliphatic heterocycles. The van der Waals surface area contributed by atoms with Crippen LogP contribution in [-0.2, 0) is 12.0 Å². The largest absolute Gasteiger partial charge is 0.384 e. The lowest BCUT2D eigenvalue weighted by Gasteiger charge is -2.24. The summed E-state index contributed by atoms with van der Waals surface area (Å²) in [5.74, 6) is 0.216. The van der Waals surface area contributed by atoms with E-state index in [0.29, 0.717) is 22.7 Å². The number of hydrogen-bond donors (Lipinski definition) is 2. The molecular weight excluding hydrogens is 260 g/mol. The van der Waals surface area contributed by atoms with Gasteiger partial charge in [-0.1, -0.05) is 41.9 Å². The van der Waals surface area contributed by atoms with Gasteiger partial charge in [0.2, 0.25) is 0 Å². The number of halogens is 1. The van der Waals surface area contributed by atoms with Crippen molar-refractivity contribution >= 4 is 23.1 Å². The summed E-state index contributed by atoms with van der Waals surface area (Å²) in [4.78, 5) is 4.23. The number of amidine groups is 1. The first-order chi connectivity index (χ1) is 9.09. The molecule has 0 radical (unpaired) electrons. The molecule has 0 saturated heterocycles. The summed E-state index contributed by atoms with van der Waals surface area (Å²) in [6, 6.07) is 14.9. The second-order valence-electron chi connectivity index (χ2n) is 4.68. The number of hydrogen-bond acceptors (Lipinski definition) is 3. The first kappa shape index (κ1) is 12.2. The highest BCUT2D eigenvalue weighted by molar-refractivity contribution is 6.30. The van der Waals surface area contributed by atoms with Gasteiger partial charge in [-0.2, -0.15) is 0 Å². The van der Waals surface area contributed by atoms with Gasteiger partial charge in [0.05, 0.1) is 5.69 Å². The van der Waals surface area contributed by atoms with Gasteiger partial charge in [-0.3, -0.25) is 0 Å². The molecule has 1 heterocycles. The van der Waals surface area contributed by atoms with Crippen molar-refractivity contribution in [1.29, 1.82) is 0 Å². The molecule has 3 nitrogen and oxygen atoms in total. The Kier molecular flexibility index (Phi) is 2.81. The summed E-state index contributed by atoms with van der Waals surface area (Å²) in [6.45, 7) is 0. The molecule has 3 rings (SSSR count). The standard InChI is InChI=1S/C15H13ClN2O/c16-11-6-7-13-12(8-11)15(19,14(17)18-13)9-10-4-2-1-3-5-10/h1-8,19H,9H2,(H2,17,18). The van der Waals surface area contributed by atoms with Crippen LogP contribution in [0.4, 0.5) is 5.69 Å². The summed E-state index contributed by atoms with van der Waals surface area (Å²) in [7, 11) is 0. The molecule has 0 bridgehead atoms. The minimum absolute atomic E-state index is 0.216. The second kappa shape index (κ2) is 4.37. The van der Waals surface area contributed by atoms with Gasteiger partial charge in [0.15, 0.2) is 5.60 Å². The number of fused-ring (bicyclic) bond motifs is 1. The highest BCUT2D eigenvalue weighted by Crippen LogP contribution is 2.40. The van der Waals surface area contributed by atoms with Crippen LogP contribution in [0.2, 0.25) is 5.02 Å². The maximum Gasteiger partial charge on any atom is 0.152 e. The lowest BCUT2D eigenvalue weighted by molar-refractivity contribution is 0.114. The van der Waals surface area contributed by atoms with Gasteiger partial charge in [0.25, 0.3) is 0 Å². The Hall–Kier alpha value is -1.84. The second-order valence-corrected chi connectivity index (χ2v) is 5.12. The number of nitrogens with two attached hydrogens (primary N) is 1. The zero-order chi connectivity index (χ0) is 13.5. The molecule has 1 aliphatic rings. The van der Waals surface area contributed by atoms with Gasteiger partial charge < -0.3 is 10.8 Å². The Morgan fingerprint density at radius 3 is 2.63 bits per heavy atom. The molecule has 3 N–H and O–H groups in total. The van der Waals surface area contributed by atoms with Crippen LogP contribution >= 0.6 is 11.6 Å². The Morgan fingerprint density at radius 1 is 1.16 bits per heavy atom. The molecule has 0 aromatic heterocycles. The van der Waals surface area contributed by atoms with Crippen LogP contribution < -0.4 is 5.73 Å². The molecule has 1 atom stereocenters. The van der Waals surface area contributed by atoms with E-state index >= 15 is 0 Å². The third kappa shape index (κ3) is 2.01. The average Bonchev–Trinajstić information content (AvgIpc) is 2.64. The van der Waals surface area contributed by atoms with E-state index in [2.05, 4.69) is 4.99 Å². The fourth-order valence-electron chi connectivity index (χ4n) is 2.37. The molecular formula is C15H13ClN2O. The SMILES string of the molecule is NC1=Nc2ccc(Cl)cc2C1(O)Cc1ccccc1. The smallest absolute Gasteiger partial charge is 0.152 e. The van der Waals surface area contributed by atoms with E-state index in [1.807, 2.05) is 30.3 Å². The molecule has 0 aliphatic carbocycles. The predicted octanol–water partition coefficient (Wildman–Crippen LogP) is 2.77. The van der Waals surface area contributed by atoms with Gasteiger partial charge in [0, 0.05) is 17.0 Å². The van der Waals surface area contributed by atoms with E-state index in [1.165, 1.54) is 0 Å². The van der Waals surface area contributed by atoms with Gasteiger partial charge in [0.1, 0.15) is 5.84 Å². The number of aliphatic hydroxyl groups is 1.